The van der Waals surface area contributed by atoms with E-state index in [-0.39, 0.29) is 17.9 Å². The van der Waals surface area contributed by atoms with E-state index in [0.29, 0.717) is 33.0 Å². The number of hydrogen-bond acceptors (Lipinski definition) is 5. The SMILES string of the molecule is O=C(O)Nc1cccc2[nH]c(-c3c(NC[C@@H](O)c4cccc(Cl)c4)cc[nH]c3=O)nc12. The van der Waals surface area contributed by atoms with Crippen molar-refractivity contribution in [2.45, 2.75) is 6.10 Å². The van der Waals surface area contributed by atoms with E-state index in [1.54, 1.807) is 48.5 Å². The summed E-state index contributed by atoms with van der Waals surface area (Å²) >= 11 is 5.98. The molecule has 158 valence electrons. The molecule has 10 heteroatoms. The molecule has 1 amide bonds. The third kappa shape index (κ3) is 4.37. The molecule has 2 aromatic heterocycles. The summed E-state index contributed by atoms with van der Waals surface area (Å²) in [5, 5.41) is 25.4. The first kappa shape index (κ1) is 20.5. The number of amides is 1. The maximum Gasteiger partial charge on any atom is 0.409 e. The zero-order valence-electron chi connectivity index (χ0n) is 16.0. The van der Waals surface area contributed by atoms with Gasteiger partial charge in [0.2, 0.25) is 0 Å². The average molecular weight is 440 g/mol. The fourth-order valence-electron chi connectivity index (χ4n) is 3.27. The standard InChI is InChI=1S/C21H18ClN5O4/c22-12-4-1-3-11(9-12)16(28)10-24-13-7-8-23-20(29)17(13)19-25-14-5-2-6-15(18(14)27-19)26-21(30)31/h1-9,16,26,28H,10H2,(H,25,27)(H,30,31)(H2,23,24,29)/t16-/m1/s1. The van der Waals surface area contributed by atoms with Crippen molar-refractivity contribution >= 4 is 40.1 Å². The van der Waals surface area contributed by atoms with Gasteiger partial charge in [-0.1, -0.05) is 29.8 Å². The number of fused-ring (bicyclic) bond motifs is 1. The monoisotopic (exact) mass is 439 g/mol. The van der Waals surface area contributed by atoms with E-state index in [9.17, 15) is 14.7 Å². The van der Waals surface area contributed by atoms with E-state index in [1.807, 2.05) is 0 Å². The number of aromatic nitrogens is 3. The first-order valence-electron chi connectivity index (χ1n) is 9.30. The summed E-state index contributed by atoms with van der Waals surface area (Å²) in [5.41, 5.74) is 2.18. The predicted octanol–water partition coefficient (Wildman–Crippen LogP) is 3.81. The number of anilines is 2. The van der Waals surface area contributed by atoms with Crippen LogP contribution in [-0.4, -0.2) is 37.8 Å². The van der Waals surface area contributed by atoms with E-state index in [1.165, 1.54) is 6.20 Å². The zero-order valence-corrected chi connectivity index (χ0v) is 16.8. The molecule has 6 N–H and O–H groups in total. The fourth-order valence-corrected chi connectivity index (χ4v) is 3.46. The number of benzene rings is 2. The number of rotatable bonds is 6. The number of aromatic amines is 2. The van der Waals surface area contributed by atoms with Crippen LogP contribution in [0.1, 0.15) is 11.7 Å². The minimum absolute atomic E-state index is 0.128. The van der Waals surface area contributed by atoms with Gasteiger partial charge in [-0.2, -0.15) is 0 Å². The topological polar surface area (TPSA) is 143 Å². The molecule has 1 atom stereocenters. The second kappa shape index (κ2) is 8.50. The van der Waals surface area contributed by atoms with Gasteiger partial charge in [-0.05, 0) is 35.9 Å². The molecule has 0 aliphatic heterocycles. The number of pyridine rings is 1. The Labute approximate surface area is 180 Å². The summed E-state index contributed by atoms with van der Waals surface area (Å²) in [6.45, 7) is 0.128. The molecular weight excluding hydrogens is 422 g/mol. The van der Waals surface area contributed by atoms with Crippen molar-refractivity contribution in [1.29, 1.82) is 0 Å². The second-order valence-electron chi connectivity index (χ2n) is 6.76. The van der Waals surface area contributed by atoms with Gasteiger partial charge in [0.15, 0.2) is 0 Å². The van der Waals surface area contributed by atoms with E-state index in [4.69, 9.17) is 16.7 Å². The average Bonchev–Trinajstić information content (AvgIpc) is 3.16. The Morgan fingerprint density at radius 3 is 2.74 bits per heavy atom. The van der Waals surface area contributed by atoms with Gasteiger partial charge in [0, 0.05) is 17.8 Å². The van der Waals surface area contributed by atoms with Crippen LogP contribution in [-0.2, 0) is 0 Å². The summed E-state index contributed by atoms with van der Waals surface area (Å²) < 4.78 is 0. The van der Waals surface area contributed by atoms with Gasteiger partial charge >= 0.3 is 6.09 Å². The van der Waals surface area contributed by atoms with Crippen molar-refractivity contribution in [2.24, 2.45) is 0 Å². The van der Waals surface area contributed by atoms with Gasteiger partial charge in [-0.3, -0.25) is 10.1 Å². The molecule has 0 aliphatic rings. The number of imidazole rings is 1. The summed E-state index contributed by atoms with van der Waals surface area (Å²) in [7, 11) is 0. The van der Waals surface area contributed by atoms with Gasteiger partial charge in [0.25, 0.3) is 5.56 Å². The highest BCUT2D eigenvalue weighted by Gasteiger charge is 2.17. The second-order valence-corrected chi connectivity index (χ2v) is 7.20. The number of H-pyrrole nitrogens is 2. The van der Waals surface area contributed by atoms with Crippen LogP contribution in [0.2, 0.25) is 5.02 Å². The zero-order chi connectivity index (χ0) is 22.0. The van der Waals surface area contributed by atoms with Crippen LogP contribution in [0.3, 0.4) is 0 Å². The Morgan fingerprint density at radius 2 is 1.97 bits per heavy atom. The van der Waals surface area contributed by atoms with Gasteiger partial charge in [0.05, 0.1) is 23.0 Å². The van der Waals surface area contributed by atoms with Gasteiger partial charge in [-0.15, -0.1) is 0 Å². The highest BCUT2D eigenvalue weighted by molar-refractivity contribution is 6.30. The molecule has 0 bridgehead atoms. The molecule has 0 unspecified atom stereocenters. The number of nitrogens with one attached hydrogen (secondary N) is 4. The molecule has 4 aromatic rings. The van der Waals surface area contributed by atoms with Crippen LogP contribution in [0.15, 0.2) is 59.5 Å². The van der Waals surface area contributed by atoms with Crippen molar-refractivity contribution in [1.82, 2.24) is 15.0 Å². The van der Waals surface area contributed by atoms with Crippen molar-refractivity contribution in [2.75, 3.05) is 17.2 Å². The molecule has 0 saturated heterocycles. The number of carbonyl (C=O) groups is 1. The summed E-state index contributed by atoms with van der Waals surface area (Å²) in [6, 6.07) is 13.5. The van der Waals surface area contributed by atoms with E-state index in [0.717, 1.165) is 0 Å². The lowest BCUT2D eigenvalue weighted by Crippen LogP contribution is -2.17. The van der Waals surface area contributed by atoms with Crippen LogP contribution in [0, 0.1) is 0 Å². The minimum atomic E-state index is -1.22. The number of para-hydroxylation sites is 1. The smallest absolute Gasteiger partial charge is 0.409 e. The molecular formula is C21H18ClN5O4. The molecule has 0 saturated carbocycles. The third-order valence-corrected chi connectivity index (χ3v) is 4.91. The normalized spacial score (nSPS) is 11.9. The Bertz CT molecular complexity index is 1320. The fraction of sp³-hybridized carbons (Fsp3) is 0.0952. The van der Waals surface area contributed by atoms with Crippen LogP contribution >= 0.6 is 11.6 Å². The Balaban J connectivity index is 1.67. The van der Waals surface area contributed by atoms with Crippen molar-refractivity contribution < 1.29 is 15.0 Å². The minimum Gasteiger partial charge on any atom is -0.465 e. The number of carboxylic acid groups (broad SMARTS) is 1. The van der Waals surface area contributed by atoms with E-state index in [2.05, 4.69) is 25.6 Å². The molecule has 2 aromatic carbocycles. The lowest BCUT2D eigenvalue weighted by atomic mass is 10.1. The van der Waals surface area contributed by atoms with Crippen molar-refractivity contribution in [3.05, 3.63) is 75.7 Å². The molecule has 9 nitrogen and oxygen atoms in total. The van der Waals surface area contributed by atoms with Crippen molar-refractivity contribution in [3.8, 4) is 11.4 Å². The molecule has 4 rings (SSSR count). The number of halogens is 1. The highest BCUT2D eigenvalue weighted by Crippen LogP contribution is 2.28. The first-order chi connectivity index (χ1) is 14.9. The first-order valence-corrected chi connectivity index (χ1v) is 9.68. The molecule has 0 radical (unpaired) electrons. The Kier molecular flexibility index (Phi) is 5.61. The summed E-state index contributed by atoms with van der Waals surface area (Å²) in [4.78, 5) is 33.7. The van der Waals surface area contributed by atoms with Crippen LogP contribution in [0.4, 0.5) is 16.2 Å². The molecule has 2 heterocycles. The molecule has 0 spiro atoms. The quantitative estimate of drug-likeness (QED) is 0.269. The predicted molar refractivity (Wildman–Crippen MR) is 119 cm³/mol. The Hall–Kier alpha value is -3.82. The lowest BCUT2D eigenvalue weighted by molar-refractivity contribution is 0.191. The number of aliphatic hydroxyl groups is 1. The maximum atomic E-state index is 12.6. The largest absolute Gasteiger partial charge is 0.465 e. The van der Waals surface area contributed by atoms with E-state index < -0.39 is 17.8 Å². The van der Waals surface area contributed by atoms with Crippen LogP contribution < -0.4 is 16.2 Å². The number of nitrogens with zero attached hydrogens (tertiary/aromatic N) is 1. The van der Waals surface area contributed by atoms with Gasteiger partial charge in [0.1, 0.15) is 16.9 Å². The lowest BCUT2D eigenvalue weighted by Gasteiger charge is -2.15. The molecule has 0 aliphatic carbocycles. The molecule has 0 fully saturated rings. The molecule has 31 heavy (non-hydrogen) atoms. The third-order valence-electron chi connectivity index (χ3n) is 4.67. The van der Waals surface area contributed by atoms with Crippen LogP contribution in [0.5, 0.6) is 0 Å². The Morgan fingerprint density at radius 1 is 1.16 bits per heavy atom. The highest BCUT2D eigenvalue weighted by atomic mass is 35.5. The van der Waals surface area contributed by atoms with Crippen molar-refractivity contribution in [3.63, 3.8) is 0 Å². The number of hydrogen-bond donors (Lipinski definition) is 6. The van der Waals surface area contributed by atoms with Gasteiger partial charge in [-0.25, -0.2) is 9.78 Å². The van der Waals surface area contributed by atoms with Gasteiger partial charge < -0.3 is 25.5 Å². The van der Waals surface area contributed by atoms with Crippen LogP contribution in [0.25, 0.3) is 22.4 Å². The maximum absolute atomic E-state index is 12.6. The van der Waals surface area contributed by atoms with E-state index >= 15 is 0 Å². The number of aliphatic hydroxyl groups excluding tert-OH is 1. The summed E-state index contributed by atoms with van der Waals surface area (Å²) in [5.74, 6) is 0.260. The summed E-state index contributed by atoms with van der Waals surface area (Å²) in [6.07, 6.45) is -0.583.